The summed E-state index contributed by atoms with van der Waals surface area (Å²) in [6.07, 6.45) is 1.69. The summed E-state index contributed by atoms with van der Waals surface area (Å²) in [5.41, 5.74) is 2.88. The molecule has 0 aliphatic rings. The van der Waals surface area contributed by atoms with Gasteiger partial charge in [-0.2, -0.15) is 0 Å². The molecule has 1 heterocycles. The third-order valence-corrected chi connectivity index (χ3v) is 6.54. The molecule has 0 spiro atoms. The Morgan fingerprint density at radius 2 is 1.77 bits per heavy atom. The molecule has 0 aliphatic carbocycles. The molecule has 0 atom stereocenters. The lowest BCUT2D eigenvalue weighted by Crippen LogP contribution is -2.12. The van der Waals surface area contributed by atoms with Crippen LogP contribution in [0, 0.1) is 0 Å². The molecule has 0 aliphatic heterocycles. The second-order valence-electron chi connectivity index (χ2n) is 6.65. The number of nitrogens with zero attached hydrogens (tertiary/aromatic N) is 1. The summed E-state index contributed by atoms with van der Waals surface area (Å²) in [4.78, 5) is 15.4. The first kappa shape index (κ1) is 22.6. The zero-order valence-corrected chi connectivity index (χ0v) is 18.6. The Bertz CT molecular complexity index is 1140. The summed E-state index contributed by atoms with van der Waals surface area (Å²) in [7, 11) is -3.74. The van der Waals surface area contributed by atoms with Crippen molar-refractivity contribution < 1.29 is 17.9 Å². The number of carbonyl (C=O) groups is 1. The van der Waals surface area contributed by atoms with E-state index in [9.17, 15) is 13.2 Å². The largest absolute Gasteiger partial charge is 0.487 e. The molecule has 0 bridgehead atoms. The van der Waals surface area contributed by atoms with Crippen LogP contribution in [0.2, 0.25) is 0 Å². The van der Waals surface area contributed by atoms with Crippen molar-refractivity contribution in [2.24, 2.45) is 0 Å². The number of hydrogen-bond acceptors (Lipinski definition) is 6. The van der Waals surface area contributed by atoms with Crippen LogP contribution in [0.5, 0.6) is 5.75 Å². The molecule has 8 heteroatoms. The SMILES string of the molecule is C=C(CSC(C)=O)c1ccc(NS(=O)(=O)c2ccc(OCc3ccccn3)cc2)cc1. The van der Waals surface area contributed by atoms with Gasteiger partial charge in [-0.1, -0.05) is 36.5 Å². The second-order valence-corrected chi connectivity index (χ2v) is 9.48. The van der Waals surface area contributed by atoms with Crippen LogP contribution in [0.3, 0.4) is 0 Å². The molecule has 0 fully saturated rings. The van der Waals surface area contributed by atoms with Crippen molar-refractivity contribution in [1.82, 2.24) is 4.98 Å². The Morgan fingerprint density at radius 3 is 2.39 bits per heavy atom. The summed E-state index contributed by atoms with van der Waals surface area (Å²) in [5, 5.41) is 0.0266. The fourth-order valence-corrected chi connectivity index (χ4v) is 4.22. The van der Waals surface area contributed by atoms with Gasteiger partial charge in [0.25, 0.3) is 10.0 Å². The molecular weight excluding hydrogens is 432 g/mol. The van der Waals surface area contributed by atoms with Crippen molar-refractivity contribution in [2.75, 3.05) is 10.5 Å². The molecule has 0 unspecified atom stereocenters. The van der Waals surface area contributed by atoms with Gasteiger partial charge >= 0.3 is 0 Å². The average molecular weight is 455 g/mol. The Kier molecular flexibility index (Phi) is 7.49. The van der Waals surface area contributed by atoms with Crippen LogP contribution in [0.25, 0.3) is 5.57 Å². The lowest BCUT2D eigenvalue weighted by atomic mass is 10.1. The molecule has 0 saturated heterocycles. The summed E-state index contributed by atoms with van der Waals surface area (Å²) >= 11 is 1.19. The molecule has 31 heavy (non-hydrogen) atoms. The van der Waals surface area contributed by atoms with Crippen LogP contribution < -0.4 is 9.46 Å². The van der Waals surface area contributed by atoms with Crippen LogP contribution in [0.4, 0.5) is 5.69 Å². The zero-order valence-electron chi connectivity index (χ0n) is 16.9. The summed E-state index contributed by atoms with van der Waals surface area (Å²) < 4.78 is 33.5. The first-order valence-electron chi connectivity index (χ1n) is 9.41. The van der Waals surface area contributed by atoms with Crippen molar-refractivity contribution in [3.05, 3.63) is 90.8 Å². The maximum Gasteiger partial charge on any atom is 0.261 e. The zero-order chi connectivity index (χ0) is 22.3. The van der Waals surface area contributed by atoms with Gasteiger partial charge in [0.1, 0.15) is 12.4 Å². The first-order chi connectivity index (χ1) is 14.8. The quantitative estimate of drug-likeness (QED) is 0.502. The predicted molar refractivity (Wildman–Crippen MR) is 124 cm³/mol. The van der Waals surface area contributed by atoms with E-state index in [0.717, 1.165) is 16.8 Å². The molecule has 160 valence electrons. The fourth-order valence-electron chi connectivity index (χ4n) is 2.62. The van der Waals surface area contributed by atoms with Crippen LogP contribution >= 0.6 is 11.8 Å². The third-order valence-electron chi connectivity index (χ3n) is 4.24. The maximum atomic E-state index is 12.7. The number of anilines is 1. The highest BCUT2D eigenvalue weighted by Crippen LogP contribution is 2.23. The van der Waals surface area contributed by atoms with Crippen molar-refractivity contribution in [1.29, 1.82) is 0 Å². The van der Waals surface area contributed by atoms with Gasteiger partial charge in [-0.15, -0.1) is 0 Å². The van der Waals surface area contributed by atoms with E-state index in [1.54, 1.807) is 42.6 Å². The number of rotatable bonds is 9. The van der Waals surface area contributed by atoms with E-state index in [1.165, 1.54) is 30.8 Å². The van der Waals surface area contributed by atoms with E-state index in [4.69, 9.17) is 4.74 Å². The van der Waals surface area contributed by atoms with Gasteiger partial charge < -0.3 is 4.74 Å². The number of benzene rings is 2. The van der Waals surface area contributed by atoms with E-state index >= 15 is 0 Å². The van der Waals surface area contributed by atoms with Crippen LogP contribution in [0.15, 0.2) is 84.4 Å². The Balaban J connectivity index is 1.61. The lowest BCUT2D eigenvalue weighted by molar-refractivity contribution is -0.109. The summed E-state index contributed by atoms with van der Waals surface area (Å²) in [6.45, 7) is 5.77. The van der Waals surface area contributed by atoms with Gasteiger partial charge in [0.05, 0.1) is 10.6 Å². The van der Waals surface area contributed by atoms with Crippen molar-refractivity contribution in [2.45, 2.75) is 18.4 Å². The van der Waals surface area contributed by atoms with Gasteiger partial charge in [-0.25, -0.2) is 8.42 Å². The number of nitrogens with one attached hydrogen (secondary N) is 1. The number of thioether (sulfide) groups is 1. The molecule has 2 aromatic carbocycles. The minimum absolute atomic E-state index is 0.0266. The third kappa shape index (κ3) is 6.70. The number of aromatic nitrogens is 1. The Hall–Kier alpha value is -3.10. The maximum absolute atomic E-state index is 12.7. The molecule has 3 aromatic rings. The molecule has 0 saturated carbocycles. The number of sulfonamides is 1. The monoisotopic (exact) mass is 454 g/mol. The second kappa shape index (κ2) is 10.3. The Labute approximate surface area is 186 Å². The predicted octanol–water partition coefficient (Wildman–Crippen LogP) is 4.75. The number of carbonyl (C=O) groups excluding carboxylic acids is 1. The number of pyridine rings is 1. The van der Waals surface area contributed by atoms with Crippen molar-refractivity contribution in [3.63, 3.8) is 0 Å². The lowest BCUT2D eigenvalue weighted by Gasteiger charge is -2.11. The minimum Gasteiger partial charge on any atom is -0.487 e. The molecular formula is C23H22N2O4S2. The van der Waals surface area contributed by atoms with Crippen LogP contribution in [-0.2, 0) is 21.4 Å². The summed E-state index contributed by atoms with van der Waals surface area (Å²) in [5.74, 6) is 1.05. The first-order valence-corrected chi connectivity index (χ1v) is 11.9. The van der Waals surface area contributed by atoms with Gasteiger partial charge in [0.15, 0.2) is 5.12 Å². The van der Waals surface area contributed by atoms with Crippen molar-refractivity contribution in [3.8, 4) is 5.75 Å². The van der Waals surface area contributed by atoms with E-state index in [1.807, 2.05) is 18.2 Å². The highest BCUT2D eigenvalue weighted by Gasteiger charge is 2.14. The van der Waals surface area contributed by atoms with Crippen LogP contribution in [0.1, 0.15) is 18.2 Å². The molecule has 1 aromatic heterocycles. The number of hydrogen-bond donors (Lipinski definition) is 1. The summed E-state index contributed by atoms with van der Waals surface area (Å²) in [6, 6.07) is 18.6. The number of ether oxygens (including phenoxy) is 1. The minimum atomic E-state index is -3.74. The molecule has 1 N–H and O–H groups in total. The molecule has 3 rings (SSSR count). The van der Waals surface area contributed by atoms with E-state index in [0.29, 0.717) is 23.8 Å². The van der Waals surface area contributed by atoms with E-state index in [-0.39, 0.29) is 10.0 Å². The standard InChI is InChI=1S/C23H22N2O4S2/c1-17(16-30-18(2)26)19-6-8-20(9-7-19)25-31(27,28)23-12-10-22(11-13-23)29-15-21-5-3-4-14-24-21/h3-14,25H,1,15-16H2,2H3. The highest BCUT2D eigenvalue weighted by atomic mass is 32.2. The normalized spacial score (nSPS) is 11.0. The van der Waals surface area contributed by atoms with Gasteiger partial charge in [0.2, 0.25) is 0 Å². The highest BCUT2D eigenvalue weighted by molar-refractivity contribution is 8.13. The smallest absolute Gasteiger partial charge is 0.261 e. The topological polar surface area (TPSA) is 85.4 Å². The van der Waals surface area contributed by atoms with E-state index in [2.05, 4.69) is 16.3 Å². The van der Waals surface area contributed by atoms with E-state index < -0.39 is 10.0 Å². The van der Waals surface area contributed by atoms with Crippen LogP contribution in [-0.4, -0.2) is 24.3 Å². The molecule has 0 radical (unpaired) electrons. The molecule has 6 nitrogen and oxygen atoms in total. The molecule has 0 amide bonds. The average Bonchev–Trinajstić information content (AvgIpc) is 2.77. The van der Waals surface area contributed by atoms with Crippen molar-refractivity contribution >= 4 is 38.2 Å². The van der Waals surface area contributed by atoms with Gasteiger partial charge in [0, 0.05) is 24.6 Å². The van der Waals surface area contributed by atoms with Gasteiger partial charge in [-0.05, 0) is 59.7 Å². The van der Waals surface area contributed by atoms with Gasteiger partial charge in [-0.3, -0.25) is 14.5 Å². The fraction of sp³-hybridized carbons (Fsp3) is 0.130. The Morgan fingerprint density at radius 1 is 1.06 bits per heavy atom.